The number of halogens is 1. The molecule has 5 rings (SSSR count). The second-order valence-electron chi connectivity index (χ2n) is 11.0. The van der Waals surface area contributed by atoms with Crippen molar-refractivity contribution in [2.75, 3.05) is 23.3 Å². The van der Waals surface area contributed by atoms with Crippen LogP contribution >= 0.6 is 0 Å². The smallest absolute Gasteiger partial charge is 0.240 e. The molecular weight excluding hydrogens is 599 g/mol. The highest BCUT2D eigenvalue weighted by Crippen LogP contribution is 2.35. The molecule has 45 heavy (non-hydrogen) atoms. The van der Waals surface area contributed by atoms with Crippen molar-refractivity contribution in [3.8, 4) is 22.9 Å². The third-order valence-electron chi connectivity index (χ3n) is 7.32. The molecule has 0 saturated heterocycles. The zero-order chi connectivity index (χ0) is 32.1. The molecule has 1 amide bonds. The van der Waals surface area contributed by atoms with Gasteiger partial charge in [0, 0.05) is 11.8 Å². The van der Waals surface area contributed by atoms with E-state index < -0.39 is 32.9 Å². The number of carbonyl (C=O) groups excluding carboxylic acids is 1. The van der Waals surface area contributed by atoms with E-state index in [4.69, 9.17) is 9.47 Å². The second-order valence-corrected chi connectivity index (χ2v) is 13.1. The van der Waals surface area contributed by atoms with Crippen molar-refractivity contribution in [3.05, 3.63) is 84.2 Å². The molecule has 1 atom stereocenters. The number of rotatable bonds is 13. The van der Waals surface area contributed by atoms with Crippen LogP contribution in [-0.4, -0.2) is 53.2 Å². The molecule has 1 aliphatic rings. The Morgan fingerprint density at radius 1 is 1.09 bits per heavy atom. The highest BCUT2D eigenvalue weighted by molar-refractivity contribution is 7.93. The molecule has 2 heterocycles. The number of anilines is 2. The standard InChI is InChI=1S/C32H35FN6O5S/c1-5-44-29-18-34-17-28(36-29)22-8-13-26(25(33)16-22)37-31(40)30(20(2)3)27-14-15-35-32(38-27)39(45(41,42)24-11-12-24)19-21-6-9-23(43-4)10-7-21/h6-10,13-18,20,24,30H,5,11-12,19H2,1-4H3,(H,37,40). The zero-order valence-electron chi connectivity index (χ0n) is 25.5. The number of hydrogen-bond donors (Lipinski definition) is 1. The van der Waals surface area contributed by atoms with Crippen LogP contribution in [0.3, 0.4) is 0 Å². The molecule has 2 aromatic heterocycles. The fraction of sp³-hybridized carbons (Fsp3) is 0.344. The lowest BCUT2D eigenvalue weighted by Crippen LogP contribution is -2.35. The van der Waals surface area contributed by atoms with Gasteiger partial charge in [-0.25, -0.2) is 32.1 Å². The molecule has 0 bridgehead atoms. The van der Waals surface area contributed by atoms with Crippen molar-refractivity contribution in [2.45, 2.75) is 51.3 Å². The zero-order valence-corrected chi connectivity index (χ0v) is 26.3. The number of nitrogens with one attached hydrogen (secondary N) is 1. The average molecular weight is 635 g/mol. The van der Waals surface area contributed by atoms with Crippen LogP contribution in [0.5, 0.6) is 11.6 Å². The monoisotopic (exact) mass is 634 g/mol. The summed E-state index contributed by atoms with van der Waals surface area (Å²) in [6.07, 6.45) is 5.54. The van der Waals surface area contributed by atoms with E-state index in [1.54, 1.807) is 43.5 Å². The topological polar surface area (TPSA) is 136 Å². The molecule has 0 spiro atoms. The van der Waals surface area contributed by atoms with Gasteiger partial charge < -0.3 is 14.8 Å². The van der Waals surface area contributed by atoms with Gasteiger partial charge in [-0.1, -0.05) is 32.0 Å². The maximum absolute atomic E-state index is 15.2. The summed E-state index contributed by atoms with van der Waals surface area (Å²) in [5.74, 6) is -1.30. The van der Waals surface area contributed by atoms with E-state index in [1.165, 1.54) is 35.0 Å². The second kappa shape index (κ2) is 13.6. The quantitative estimate of drug-likeness (QED) is 0.206. The van der Waals surface area contributed by atoms with Crippen LogP contribution in [0.2, 0.25) is 0 Å². The largest absolute Gasteiger partial charge is 0.497 e. The first kappa shape index (κ1) is 31.8. The predicted octanol–water partition coefficient (Wildman–Crippen LogP) is 5.36. The Kier molecular flexibility index (Phi) is 9.57. The number of amides is 1. The van der Waals surface area contributed by atoms with Crippen LogP contribution in [0.15, 0.2) is 67.1 Å². The highest BCUT2D eigenvalue weighted by atomic mass is 32.2. The normalized spacial score (nSPS) is 13.7. The number of methoxy groups -OCH3 is 1. The molecule has 1 saturated carbocycles. The predicted molar refractivity (Wildman–Crippen MR) is 168 cm³/mol. The minimum Gasteiger partial charge on any atom is -0.497 e. The Bertz CT molecular complexity index is 1770. The van der Waals surface area contributed by atoms with E-state index in [0.717, 1.165) is 5.56 Å². The van der Waals surface area contributed by atoms with Gasteiger partial charge in [0.1, 0.15) is 11.6 Å². The number of aromatic nitrogens is 4. The van der Waals surface area contributed by atoms with E-state index >= 15 is 4.39 Å². The number of sulfonamides is 1. The Hall–Kier alpha value is -4.65. The van der Waals surface area contributed by atoms with Gasteiger partial charge in [0.25, 0.3) is 0 Å². The van der Waals surface area contributed by atoms with Crippen LogP contribution in [-0.2, 0) is 21.4 Å². The fourth-order valence-electron chi connectivity index (χ4n) is 4.84. The summed E-state index contributed by atoms with van der Waals surface area (Å²) in [5, 5.41) is 2.17. The van der Waals surface area contributed by atoms with Gasteiger partial charge in [0.15, 0.2) is 0 Å². The number of ether oxygens (including phenoxy) is 2. The summed E-state index contributed by atoms with van der Waals surface area (Å²) in [4.78, 5) is 30.9. The summed E-state index contributed by atoms with van der Waals surface area (Å²) >= 11 is 0. The van der Waals surface area contributed by atoms with Crippen molar-refractivity contribution in [3.63, 3.8) is 0 Å². The third-order valence-corrected chi connectivity index (χ3v) is 9.54. The van der Waals surface area contributed by atoms with Crippen LogP contribution < -0.4 is 19.1 Å². The summed E-state index contributed by atoms with van der Waals surface area (Å²) in [5.41, 5.74) is 1.91. The summed E-state index contributed by atoms with van der Waals surface area (Å²) < 4.78 is 54.1. The van der Waals surface area contributed by atoms with Gasteiger partial charge >= 0.3 is 0 Å². The van der Waals surface area contributed by atoms with Gasteiger partial charge in [-0.2, -0.15) is 0 Å². The van der Waals surface area contributed by atoms with Gasteiger partial charge in [0.2, 0.25) is 27.8 Å². The molecule has 13 heteroatoms. The summed E-state index contributed by atoms with van der Waals surface area (Å²) in [6.45, 7) is 5.93. The molecule has 4 aromatic rings. The van der Waals surface area contributed by atoms with Crippen LogP contribution in [0.4, 0.5) is 16.0 Å². The van der Waals surface area contributed by atoms with Gasteiger partial charge in [0.05, 0.1) is 60.9 Å². The molecule has 2 aromatic carbocycles. The van der Waals surface area contributed by atoms with Crippen LogP contribution in [0.25, 0.3) is 11.3 Å². The molecule has 1 fully saturated rings. The first-order valence-corrected chi connectivity index (χ1v) is 16.1. The summed E-state index contributed by atoms with van der Waals surface area (Å²) in [7, 11) is -2.20. The van der Waals surface area contributed by atoms with Crippen molar-refractivity contribution >= 4 is 27.6 Å². The molecule has 236 valence electrons. The maximum atomic E-state index is 15.2. The first-order chi connectivity index (χ1) is 21.6. The van der Waals surface area contributed by atoms with Crippen molar-refractivity contribution in [2.24, 2.45) is 5.92 Å². The average Bonchev–Trinajstić information content (AvgIpc) is 3.88. The molecule has 0 aliphatic heterocycles. The molecule has 0 radical (unpaired) electrons. The first-order valence-electron chi connectivity index (χ1n) is 14.6. The van der Waals surface area contributed by atoms with E-state index in [-0.39, 0.29) is 24.1 Å². The minimum atomic E-state index is -3.76. The van der Waals surface area contributed by atoms with E-state index in [1.807, 2.05) is 20.8 Å². The minimum absolute atomic E-state index is 0.0141. The Morgan fingerprint density at radius 2 is 1.84 bits per heavy atom. The molecular formula is C32H35FN6O5S. The van der Waals surface area contributed by atoms with Gasteiger partial charge in [-0.05, 0) is 61.6 Å². The van der Waals surface area contributed by atoms with E-state index in [2.05, 4.69) is 25.3 Å². The molecule has 11 nitrogen and oxygen atoms in total. The number of benzene rings is 2. The molecule has 1 N–H and O–H groups in total. The summed E-state index contributed by atoms with van der Waals surface area (Å²) in [6, 6.07) is 13.0. The van der Waals surface area contributed by atoms with Gasteiger partial charge in [-0.15, -0.1) is 0 Å². The Morgan fingerprint density at radius 3 is 2.49 bits per heavy atom. The Labute approximate surface area is 261 Å². The lowest BCUT2D eigenvalue weighted by molar-refractivity contribution is -0.118. The maximum Gasteiger partial charge on any atom is 0.240 e. The SMILES string of the molecule is CCOc1cncc(-c2ccc(NC(=O)C(c3ccnc(N(Cc4ccc(OC)cc4)S(=O)(=O)C4CC4)n3)C(C)C)c(F)c2)n1. The van der Waals surface area contributed by atoms with Crippen molar-refractivity contribution in [1.29, 1.82) is 0 Å². The van der Waals surface area contributed by atoms with E-state index in [0.29, 0.717) is 48.0 Å². The highest BCUT2D eigenvalue weighted by Gasteiger charge is 2.41. The third kappa shape index (κ3) is 7.36. The van der Waals surface area contributed by atoms with Gasteiger partial charge in [-0.3, -0.25) is 9.78 Å². The molecule has 1 unspecified atom stereocenters. The van der Waals surface area contributed by atoms with Crippen LogP contribution in [0, 0.1) is 11.7 Å². The molecule has 1 aliphatic carbocycles. The number of carbonyl (C=O) groups is 1. The lowest BCUT2D eigenvalue weighted by atomic mass is 9.91. The number of nitrogens with zero attached hydrogens (tertiary/aromatic N) is 5. The fourth-order valence-corrected chi connectivity index (χ4v) is 6.58. The van der Waals surface area contributed by atoms with Crippen LogP contribution in [0.1, 0.15) is 50.8 Å². The lowest BCUT2D eigenvalue weighted by Gasteiger charge is -2.25. The van der Waals surface area contributed by atoms with E-state index in [9.17, 15) is 13.2 Å². The van der Waals surface area contributed by atoms with Crippen molar-refractivity contribution < 1.29 is 27.1 Å². The number of hydrogen-bond acceptors (Lipinski definition) is 9. The Balaban J connectivity index is 1.40. The van der Waals surface area contributed by atoms with Crippen molar-refractivity contribution in [1.82, 2.24) is 19.9 Å².